The summed E-state index contributed by atoms with van der Waals surface area (Å²) < 4.78 is 0.272. The molecule has 1 heterocycles. The van der Waals surface area contributed by atoms with Gasteiger partial charge in [-0.3, -0.25) is 9.69 Å². The lowest BCUT2D eigenvalue weighted by molar-refractivity contribution is -0.144. The van der Waals surface area contributed by atoms with E-state index in [9.17, 15) is 9.59 Å². The Bertz CT molecular complexity index is 638. The van der Waals surface area contributed by atoms with E-state index in [1.807, 2.05) is 36.4 Å². The summed E-state index contributed by atoms with van der Waals surface area (Å²) in [7, 11) is 0. The fourth-order valence-electron chi connectivity index (χ4n) is 1.75. The molecular formula is C15H13NO3S2. The van der Waals surface area contributed by atoms with Gasteiger partial charge in [-0.25, -0.2) is 4.79 Å². The number of carboxylic acids is 1. The summed E-state index contributed by atoms with van der Waals surface area (Å²) in [4.78, 5) is 24.7. The summed E-state index contributed by atoms with van der Waals surface area (Å²) in [6.45, 7) is 1.44. The van der Waals surface area contributed by atoms with Crippen molar-refractivity contribution >= 4 is 46.3 Å². The Hall–Kier alpha value is -1.92. The molecule has 6 heteroatoms. The number of aliphatic carboxylic acids is 1. The average molecular weight is 319 g/mol. The highest BCUT2D eigenvalue weighted by atomic mass is 32.2. The van der Waals surface area contributed by atoms with Gasteiger partial charge in [-0.1, -0.05) is 66.5 Å². The maximum absolute atomic E-state index is 12.2. The molecule has 1 fully saturated rings. The fraction of sp³-hybridized carbons (Fsp3) is 0.133. The number of thiocarbonyl (C=S) groups is 1. The van der Waals surface area contributed by atoms with Gasteiger partial charge >= 0.3 is 5.97 Å². The molecular weight excluding hydrogens is 306 g/mol. The van der Waals surface area contributed by atoms with Crippen molar-refractivity contribution in [3.63, 3.8) is 0 Å². The second kappa shape index (κ2) is 6.69. The van der Waals surface area contributed by atoms with Gasteiger partial charge in [0, 0.05) is 0 Å². The second-order valence-corrected chi connectivity index (χ2v) is 6.03. The molecule has 1 amide bonds. The monoisotopic (exact) mass is 319 g/mol. The van der Waals surface area contributed by atoms with Gasteiger partial charge in [0.25, 0.3) is 5.91 Å². The highest BCUT2D eigenvalue weighted by molar-refractivity contribution is 8.26. The number of hydrogen-bond donors (Lipinski definition) is 1. The third kappa shape index (κ3) is 3.59. The first-order chi connectivity index (χ1) is 10.0. The number of hydrogen-bond acceptors (Lipinski definition) is 4. The zero-order valence-electron chi connectivity index (χ0n) is 11.2. The number of benzene rings is 1. The van der Waals surface area contributed by atoms with Gasteiger partial charge in [-0.2, -0.15) is 0 Å². The Labute approximate surface area is 132 Å². The molecule has 21 heavy (non-hydrogen) atoms. The Morgan fingerprint density at radius 2 is 2.05 bits per heavy atom. The minimum atomic E-state index is -1.08. The van der Waals surface area contributed by atoms with Crippen LogP contribution in [0, 0.1) is 0 Å². The molecule has 1 aromatic carbocycles. The zero-order valence-corrected chi connectivity index (χ0v) is 12.9. The van der Waals surface area contributed by atoms with Crippen LogP contribution in [0.25, 0.3) is 6.08 Å². The van der Waals surface area contributed by atoms with Crippen LogP contribution >= 0.6 is 24.0 Å². The highest BCUT2D eigenvalue weighted by Gasteiger charge is 2.37. The molecule has 108 valence electrons. The lowest BCUT2D eigenvalue weighted by Crippen LogP contribution is -2.41. The first kappa shape index (κ1) is 15.5. The summed E-state index contributed by atoms with van der Waals surface area (Å²) in [6.07, 6.45) is 5.28. The molecule has 1 atom stereocenters. The molecule has 1 N–H and O–H groups in total. The molecule has 1 saturated heterocycles. The number of thioether (sulfide) groups is 1. The molecule has 1 aromatic rings. The van der Waals surface area contributed by atoms with Gasteiger partial charge in [0.15, 0.2) is 0 Å². The van der Waals surface area contributed by atoms with Crippen LogP contribution in [0.15, 0.2) is 47.4 Å². The molecule has 0 radical (unpaired) electrons. The van der Waals surface area contributed by atoms with E-state index in [1.165, 1.54) is 6.92 Å². The van der Waals surface area contributed by atoms with E-state index in [0.29, 0.717) is 4.91 Å². The predicted octanol–water partition coefficient (Wildman–Crippen LogP) is 2.92. The predicted molar refractivity (Wildman–Crippen MR) is 87.7 cm³/mol. The number of nitrogens with zero attached hydrogens (tertiary/aromatic N) is 1. The van der Waals surface area contributed by atoms with Gasteiger partial charge in [-0.15, -0.1) is 0 Å². The van der Waals surface area contributed by atoms with Gasteiger partial charge < -0.3 is 5.11 Å². The first-order valence-electron chi connectivity index (χ1n) is 6.22. The summed E-state index contributed by atoms with van der Waals surface area (Å²) in [5, 5.41) is 8.99. The minimum absolute atomic E-state index is 0.272. The van der Waals surface area contributed by atoms with Crippen LogP contribution in [-0.2, 0) is 9.59 Å². The van der Waals surface area contributed by atoms with Crippen LogP contribution in [0.2, 0.25) is 0 Å². The summed E-state index contributed by atoms with van der Waals surface area (Å²) >= 11 is 6.19. The quantitative estimate of drug-likeness (QED) is 0.683. The van der Waals surface area contributed by atoms with Crippen molar-refractivity contribution in [2.24, 2.45) is 0 Å². The van der Waals surface area contributed by atoms with Gasteiger partial charge in [0.2, 0.25) is 0 Å². The minimum Gasteiger partial charge on any atom is -0.480 e. The standard InChI is InChI=1S/C15H13NO3S2/c1-10(14(18)19)16-13(17)12(21-15(16)20)9-5-8-11-6-3-2-4-7-11/h2-10H,1H3,(H,18,19)/b8-5+,12-9+/t10-/m1/s1. The van der Waals surface area contributed by atoms with Gasteiger partial charge in [-0.05, 0) is 18.6 Å². The summed E-state index contributed by atoms with van der Waals surface area (Å²) in [5.74, 6) is -1.44. The molecule has 0 spiro atoms. The Morgan fingerprint density at radius 3 is 2.67 bits per heavy atom. The van der Waals surface area contributed by atoms with Crippen molar-refractivity contribution in [1.82, 2.24) is 4.90 Å². The molecule has 4 nitrogen and oxygen atoms in total. The maximum atomic E-state index is 12.2. The van der Waals surface area contributed by atoms with Crippen molar-refractivity contribution in [2.45, 2.75) is 13.0 Å². The Morgan fingerprint density at radius 1 is 1.38 bits per heavy atom. The molecule has 2 rings (SSSR count). The third-order valence-corrected chi connectivity index (χ3v) is 4.25. The zero-order chi connectivity index (χ0) is 15.4. The van der Waals surface area contributed by atoms with Crippen molar-refractivity contribution < 1.29 is 14.7 Å². The van der Waals surface area contributed by atoms with Crippen LogP contribution in [-0.4, -0.2) is 32.2 Å². The van der Waals surface area contributed by atoms with E-state index in [2.05, 4.69) is 0 Å². The molecule has 1 aliphatic rings. The average Bonchev–Trinajstić information content (AvgIpc) is 2.74. The van der Waals surface area contributed by atoms with Gasteiger partial charge in [0.1, 0.15) is 10.4 Å². The topological polar surface area (TPSA) is 57.6 Å². The number of allylic oxidation sites excluding steroid dienone is 2. The van der Waals surface area contributed by atoms with Crippen LogP contribution < -0.4 is 0 Å². The van der Waals surface area contributed by atoms with Gasteiger partial charge in [0.05, 0.1) is 4.91 Å². The molecule has 0 saturated carbocycles. The molecule has 1 aliphatic heterocycles. The number of carbonyl (C=O) groups is 2. The molecule has 0 aliphatic carbocycles. The number of carboxylic acid groups (broad SMARTS) is 1. The van der Waals surface area contributed by atoms with Crippen LogP contribution in [0.4, 0.5) is 0 Å². The maximum Gasteiger partial charge on any atom is 0.326 e. The number of carbonyl (C=O) groups excluding carboxylic acids is 1. The van der Waals surface area contributed by atoms with Crippen LogP contribution in [0.5, 0.6) is 0 Å². The molecule has 0 unspecified atom stereocenters. The lowest BCUT2D eigenvalue weighted by atomic mass is 10.2. The second-order valence-electron chi connectivity index (χ2n) is 4.36. The Kier molecular flexibility index (Phi) is 4.93. The normalized spacial score (nSPS) is 18.7. The van der Waals surface area contributed by atoms with Crippen LogP contribution in [0.1, 0.15) is 12.5 Å². The summed E-state index contributed by atoms with van der Waals surface area (Å²) in [5.41, 5.74) is 1.02. The third-order valence-electron chi connectivity index (χ3n) is 2.90. The summed E-state index contributed by atoms with van der Waals surface area (Å²) in [6, 6.07) is 8.71. The van der Waals surface area contributed by atoms with E-state index >= 15 is 0 Å². The van der Waals surface area contributed by atoms with E-state index in [1.54, 1.807) is 12.2 Å². The smallest absolute Gasteiger partial charge is 0.326 e. The van der Waals surface area contributed by atoms with Crippen molar-refractivity contribution in [3.8, 4) is 0 Å². The number of rotatable bonds is 4. The van der Waals surface area contributed by atoms with E-state index in [-0.39, 0.29) is 10.2 Å². The van der Waals surface area contributed by atoms with Crippen LogP contribution in [0.3, 0.4) is 0 Å². The lowest BCUT2D eigenvalue weighted by Gasteiger charge is -2.18. The first-order valence-corrected chi connectivity index (χ1v) is 7.45. The molecule has 0 bridgehead atoms. The Balaban J connectivity index is 2.14. The SMILES string of the molecule is C[C@H](C(=O)O)N1C(=O)/C(=C\C=C\c2ccccc2)SC1=S. The van der Waals surface area contributed by atoms with Crippen molar-refractivity contribution in [2.75, 3.05) is 0 Å². The number of amides is 1. The highest BCUT2D eigenvalue weighted by Crippen LogP contribution is 2.32. The van der Waals surface area contributed by atoms with E-state index in [4.69, 9.17) is 17.3 Å². The van der Waals surface area contributed by atoms with E-state index in [0.717, 1.165) is 22.2 Å². The molecule has 0 aromatic heterocycles. The van der Waals surface area contributed by atoms with E-state index < -0.39 is 12.0 Å². The van der Waals surface area contributed by atoms with Crippen molar-refractivity contribution in [1.29, 1.82) is 0 Å². The van der Waals surface area contributed by atoms with Crippen molar-refractivity contribution in [3.05, 3.63) is 53.0 Å². The fourth-order valence-corrected chi connectivity index (χ4v) is 3.12. The largest absolute Gasteiger partial charge is 0.480 e.